The maximum Gasteiger partial charge on any atom is 0.325 e. The van der Waals surface area contributed by atoms with Crippen LogP contribution in [0.3, 0.4) is 0 Å². The fourth-order valence-corrected chi connectivity index (χ4v) is 2.46. The zero-order valence-electron chi connectivity index (χ0n) is 15.0. The SMILES string of the molecule is Cc1ccc(C(=O)NCCC(=O)Nc2c(C)nn(CC(=O)O)c2C)cc1. The number of anilines is 1. The maximum atomic E-state index is 12.1. The second kappa shape index (κ2) is 8.28. The molecule has 0 atom stereocenters. The number of benzene rings is 1. The Morgan fingerprint density at radius 1 is 1.12 bits per heavy atom. The van der Waals surface area contributed by atoms with Crippen molar-refractivity contribution >= 4 is 23.5 Å². The van der Waals surface area contributed by atoms with Gasteiger partial charge in [-0.2, -0.15) is 5.10 Å². The van der Waals surface area contributed by atoms with E-state index in [2.05, 4.69) is 15.7 Å². The van der Waals surface area contributed by atoms with Crippen molar-refractivity contribution in [1.29, 1.82) is 0 Å². The molecule has 0 spiro atoms. The highest BCUT2D eigenvalue weighted by molar-refractivity contribution is 5.95. The molecule has 0 aliphatic heterocycles. The molecule has 0 aliphatic rings. The first kappa shape index (κ1) is 19.2. The fraction of sp³-hybridized carbons (Fsp3) is 0.333. The molecule has 1 aromatic heterocycles. The summed E-state index contributed by atoms with van der Waals surface area (Å²) in [6.07, 6.45) is 0.0978. The highest BCUT2D eigenvalue weighted by Crippen LogP contribution is 2.19. The molecule has 0 fully saturated rings. The number of nitrogens with one attached hydrogen (secondary N) is 2. The molecule has 3 N–H and O–H groups in total. The van der Waals surface area contributed by atoms with Crippen LogP contribution in [0.25, 0.3) is 0 Å². The molecule has 138 valence electrons. The van der Waals surface area contributed by atoms with Crippen LogP contribution in [0, 0.1) is 20.8 Å². The van der Waals surface area contributed by atoms with Gasteiger partial charge in [0.15, 0.2) is 0 Å². The third-order valence-electron chi connectivity index (χ3n) is 3.88. The molecule has 0 bridgehead atoms. The highest BCUT2D eigenvalue weighted by Gasteiger charge is 2.15. The second-order valence-corrected chi connectivity index (χ2v) is 6.02. The van der Waals surface area contributed by atoms with Gasteiger partial charge in [0.05, 0.1) is 17.1 Å². The zero-order valence-corrected chi connectivity index (χ0v) is 15.0. The Labute approximate surface area is 151 Å². The molecule has 26 heavy (non-hydrogen) atoms. The average Bonchev–Trinajstić information content (AvgIpc) is 2.82. The van der Waals surface area contributed by atoms with Crippen molar-refractivity contribution in [3.05, 3.63) is 46.8 Å². The first-order valence-electron chi connectivity index (χ1n) is 8.18. The Balaban J connectivity index is 1.87. The topological polar surface area (TPSA) is 113 Å². The van der Waals surface area contributed by atoms with Crippen LogP contribution in [-0.2, 0) is 16.1 Å². The summed E-state index contributed by atoms with van der Waals surface area (Å²) in [7, 11) is 0. The van der Waals surface area contributed by atoms with E-state index in [9.17, 15) is 14.4 Å². The van der Waals surface area contributed by atoms with E-state index in [1.165, 1.54) is 4.68 Å². The second-order valence-electron chi connectivity index (χ2n) is 6.02. The Kier molecular flexibility index (Phi) is 6.11. The summed E-state index contributed by atoms with van der Waals surface area (Å²) in [6.45, 7) is 5.25. The molecule has 0 aliphatic carbocycles. The Bertz CT molecular complexity index is 824. The molecule has 8 nitrogen and oxygen atoms in total. The van der Waals surface area contributed by atoms with Gasteiger partial charge >= 0.3 is 5.97 Å². The van der Waals surface area contributed by atoms with E-state index in [4.69, 9.17) is 5.11 Å². The van der Waals surface area contributed by atoms with Gasteiger partial charge < -0.3 is 15.7 Å². The zero-order chi connectivity index (χ0) is 19.3. The molecule has 0 unspecified atom stereocenters. The standard InChI is InChI=1S/C18H22N4O4/c1-11-4-6-14(7-5-11)18(26)19-9-8-15(23)20-17-12(2)21-22(13(17)3)10-16(24)25/h4-7H,8-10H2,1-3H3,(H,19,26)(H,20,23)(H,24,25). The summed E-state index contributed by atoms with van der Waals surface area (Å²) in [5.74, 6) is -1.53. The number of hydrogen-bond acceptors (Lipinski definition) is 4. The third-order valence-corrected chi connectivity index (χ3v) is 3.88. The Morgan fingerprint density at radius 2 is 1.77 bits per heavy atom. The molecule has 2 amide bonds. The number of carboxylic acid groups (broad SMARTS) is 1. The van der Waals surface area contributed by atoms with Gasteiger partial charge in [-0.3, -0.25) is 19.1 Å². The number of rotatable bonds is 7. The first-order chi connectivity index (χ1) is 12.3. The van der Waals surface area contributed by atoms with Gasteiger partial charge in [-0.05, 0) is 32.9 Å². The molecular formula is C18H22N4O4. The highest BCUT2D eigenvalue weighted by atomic mass is 16.4. The summed E-state index contributed by atoms with van der Waals surface area (Å²) in [5, 5.41) is 18.4. The van der Waals surface area contributed by atoms with E-state index in [0.29, 0.717) is 22.6 Å². The van der Waals surface area contributed by atoms with E-state index in [1.807, 2.05) is 19.1 Å². The largest absolute Gasteiger partial charge is 0.480 e. The fourth-order valence-electron chi connectivity index (χ4n) is 2.46. The third kappa shape index (κ3) is 4.92. The minimum absolute atomic E-state index is 0.0978. The number of amides is 2. The van der Waals surface area contributed by atoms with Gasteiger partial charge in [-0.25, -0.2) is 0 Å². The molecule has 2 rings (SSSR count). The van der Waals surface area contributed by atoms with Crippen LogP contribution in [0.5, 0.6) is 0 Å². The molecule has 0 saturated heterocycles. The predicted molar refractivity (Wildman–Crippen MR) is 96.1 cm³/mol. The predicted octanol–water partition coefficient (Wildman–Crippen LogP) is 1.65. The molecule has 0 radical (unpaired) electrons. The van der Waals surface area contributed by atoms with Crippen LogP contribution >= 0.6 is 0 Å². The van der Waals surface area contributed by atoms with Gasteiger partial charge in [-0.15, -0.1) is 0 Å². The van der Waals surface area contributed by atoms with E-state index in [0.717, 1.165) is 5.56 Å². The Hall–Kier alpha value is -3.16. The molecular weight excluding hydrogens is 336 g/mol. The number of carboxylic acids is 1. The monoisotopic (exact) mass is 358 g/mol. The van der Waals surface area contributed by atoms with E-state index < -0.39 is 5.97 Å². The van der Waals surface area contributed by atoms with Gasteiger partial charge in [-0.1, -0.05) is 17.7 Å². The van der Waals surface area contributed by atoms with Crippen LogP contribution in [0.4, 0.5) is 5.69 Å². The maximum absolute atomic E-state index is 12.1. The summed E-state index contributed by atoms with van der Waals surface area (Å²) in [6, 6.07) is 7.16. The van der Waals surface area contributed by atoms with Gasteiger partial charge in [0, 0.05) is 18.5 Å². The average molecular weight is 358 g/mol. The van der Waals surface area contributed by atoms with Crippen LogP contribution in [0.1, 0.15) is 33.7 Å². The number of aryl methyl sites for hydroxylation is 2. The van der Waals surface area contributed by atoms with Gasteiger partial charge in [0.25, 0.3) is 5.91 Å². The minimum Gasteiger partial charge on any atom is -0.480 e. The van der Waals surface area contributed by atoms with Crippen molar-refractivity contribution in [2.45, 2.75) is 33.7 Å². The number of carbonyl (C=O) groups excluding carboxylic acids is 2. The van der Waals surface area contributed by atoms with Crippen molar-refractivity contribution in [3.8, 4) is 0 Å². The van der Waals surface area contributed by atoms with Crippen molar-refractivity contribution in [2.24, 2.45) is 0 Å². The summed E-state index contributed by atoms with van der Waals surface area (Å²) in [5.41, 5.74) is 3.22. The van der Waals surface area contributed by atoms with Crippen LogP contribution in [-0.4, -0.2) is 39.2 Å². The van der Waals surface area contributed by atoms with Crippen LogP contribution in [0.15, 0.2) is 24.3 Å². The minimum atomic E-state index is -1.01. The molecule has 1 heterocycles. The lowest BCUT2D eigenvalue weighted by atomic mass is 10.1. The first-order valence-corrected chi connectivity index (χ1v) is 8.18. The number of nitrogens with zero attached hydrogens (tertiary/aromatic N) is 2. The van der Waals surface area contributed by atoms with Gasteiger partial charge in [0.2, 0.25) is 5.91 Å². The summed E-state index contributed by atoms with van der Waals surface area (Å²) < 4.78 is 1.33. The van der Waals surface area contributed by atoms with E-state index >= 15 is 0 Å². The lowest BCUT2D eigenvalue weighted by Gasteiger charge is -2.08. The summed E-state index contributed by atoms with van der Waals surface area (Å²) in [4.78, 5) is 34.9. The quantitative estimate of drug-likeness (QED) is 0.696. The Morgan fingerprint density at radius 3 is 2.38 bits per heavy atom. The van der Waals surface area contributed by atoms with Crippen molar-refractivity contribution < 1.29 is 19.5 Å². The number of carbonyl (C=O) groups is 3. The molecule has 0 saturated carbocycles. The van der Waals surface area contributed by atoms with Crippen molar-refractivity contribution in [2.75, 3.05) is 11.9 Å². The van der Waals surface area contributed by atoms with Gasteiger partial charge in [0.1, 0.15) is 6.54 Å². The smallest absolute Gasteiger partial charge is 0.325 e. The summed E-state index contributed by atoms with van der Waals surface area (Å²) >= 11 is 0. The number of aromatic nitrogens is 2. The van der Waals surface area contributed by atoms with Crippen molar-refractivity contribution in [3.63, 3.8) is 0 Å². The molecule has 1 aromatic carbocycles. The number of aliphatic carboxylic acids is 1. The van der Waals surface area contributed by atoms with Crippen LogP contribution in [0.2, 0.25) is 0 Å². The van der Waals surface area contributed by atoms with Crippen molar-refractivity contribution in [1.82, 2.24) is 15.1 Å². The molecule has 2 aromatic rings. The lowest BCUT2D eigenvalue weighted by Crippen LogP contribution is -2.27. The van der Waals surface area contributed by atoms with Crippen LogP contribution < -0.4 is 10.6 Å². The lowest BCUT2D eigenvalue weighted by molar-refractivity contribution is -0.137. The normalized spacial score (nSPS) is 10.4. The van der Waals surface area contributed by atoms with E-state index in [1.54, 1.807) is 26.0 Å². The molecule has 8 heteroatoms. The number of hydrogen-bond donors (Lipinski definition) is 3. The van der Waals surface area contributed by atoms with E-state index in [-0.39, 0.29) is 31.3 Å².